The SMILES string of the molecule is Nc1cn(Cc2ccc(F)cc2)nc1-c1ccccn1. The Kier molecular flexibility index (Phi) is 3.16. The number of nitrogens with zero attached hydrogens (tertiary/aromatic N) is 3. The van der Waals surface area contributed by atoms with Crippen LogP contribution in [0.3, 0.4) is 0 Å². The number of aromatic nitrogens is 3. The van der Waals surface area contributed by atoms with Gasteiger partial charge in [0.15, 0.2) is 0 Å². The minimum Gasteiger partial charge on any atom is -0.396 e. The highest BCUT2D eigenvalue weighted by molar-refractivity contribution is 5.68. The highest BCUT2D eigenvalue weighted by Crippen LogP contribution is 2.21. The predicted octanol–water partition coefficient (Wildman–Crippen LogP) is 2.71. The Morgan fingerprint density at radius 3 is 2.60 bits per heavy atom. The molecule has 0 bridgehead atoms. The van der Waals surface area contributed by atoms with Crippen LogP contribution in [0.4, 0.5) is 10.1 Å². The van der Waals surface area contributed by atoms with E-state index in [1.165, 1.54) is 12.1 Å². The average molecular weight is 268 g/mol. The van der Waals surface area contributed by atoms with Crippen LogP contribution in [0.25, 0.3) is 11.4 Å². The molecule has 0 saturated carbocycles. The summed E-state index contributed by atoms with van der Waals surface area (Å²) < 4.78 is 14.6. The van der Waals surface area contributed by atoms with E-state index in [0.29, 0.717) is 17.9 Å². The molecule has 0 unspecified atom stereocenters. The van der Waals surface area contributed by atoms with Crippen molar-refractivity contribution in [1.29, 1.82) is 0 Å². The molecule has 4 nitrogen and oxygen atoms in total. The molecule has 0 radical (unpaired) electrons. The minimum atomic E-state index is -0.247. The summed E-state index contributed by atoms with van der Waals surface area (Å²) in [5.41, 5.74) is 8.90. The van der Waals surface area contributed by atoms with Gasteiger partial charge in [-0.2, -0.15) is 5.10 Å². The fourth-order valence-corrected chi connectivity index (χ4v) is 2.00. The normalized spacial score (nSPS) is 10.7. The molecule has 0 aliphatic rings. The molecule has 1 aromatic carbocycles. The largest absolute Gasteiger partial charge is 0.396 e. The van der Waals surface area contributed by atoms with E-state index in [2.05, 4.69) is 10.1 Å². The number of hydrogen-bond acceptors (Lipinski definition) is 3. The van der Waals surface area contributed by atoms with Crippen molar-refractivity contribution in [3.05, 3.63) is 66.2 Å². The Labute approximate surface area is 115 Å². The van der Waals surface area contributed by atoms with E-state index in [1.54, 1.807) is 29.2 Å². The van der Waals surface area contributed by atoms with Crippen LogP contribution in [0.2, 0.25) is 0 Å². The molecular weight excluding hydrogens is 255 g/mol. The first-order valence-electron chi connectivity index (χ1n) is 6.21. The smallest absolute Gasteiger partial charge is 0.134 e. The van der Waals surface area contributed by atoms with Gasteiger partial charge in [0.05, 0.1) is 17.9 Å². The standard InChI is InChI=1S/C15H13FN4/c16-12-6-4-11(5-7-12)9-20-10-13(17)15(19-20)14-3-1-2-8-18-14/h1-8,10H,9,17H2. The third-order valence-corrected chi connectivity index (χ3v) is 2.96. The molecule has 0 aliphatic heterocycles. The van der Waals surface area contributed by atoms with Crippen molar-refractivity contribution in [3.8, 4) is 11.4 Å². The zero-order chi connectivity index (χ0) is 13.9. The first kappa shape index (κ1) is 12.3. The number of nitrogen functional groups attached to an aromatic ring is 1. The van der Waals surface area contributed by atoms with E-state index in [0.717, 1.165) is 11.3 Å². The first-order chi connectivity index (χ1) is 9.72. The summed E-state index contributed by atoms with van der Waals surface area (Å²) in [4.78, 5) is 4.24. The van der Waals surface area contributed by atoms with E-state index in [-0.39, 0.29) is 5.82 Å². The van der Waals surface area contributed by atoms with Crippen molar-refractivity contribution in [2.45, 2.75) is 6.54 Å². The maximum atomic E-state index is 12.9. The van der Waals surface area contributed by atoms with Crippen LogP contribution in [-0.2, 0) is 6.54 Å². The third kappa shape index (κ3) is 2.51. The van der Waals surface area contributed by atoms with E-state index >= 15 is 0 Å². The van der Waals surface area contributed by atoms with Gasteiger partial charge in [0, 0.05) is 12.4 Å². The van der Waals surface area contributed by atoms with Crippen molar-refractivity contribution >= 4 is 5.69 Å². The summed E-state index contributed by atoms with van der Waals surface area (Å²) in [7, 11) is 0. The van der Waals surface area contributed by atoms with E-state index in [9.17, 15) is 4.39 Å². The maximum Gasteiger partial charge on any atom is 0.134 e. The van der Waals surface area contributed by atoms with Gasteiger partial charge in [0.25, 0.3) is 0 Å². The molecule has 2 N–H and O–H groups in total. The van der Waals surface area contributed by atoms with Gasteiger partial charge < -0.3 is 5.73 Å². The summed E-state index contributed by atoms with van der Waals surface area (Å²) in [5.74, 6) is -0.247. The van der Waals surface area contributed by atoms with Crippen LogP contribution in [0, 0.1) is 5.82 Å². The van der Waals surface area contributed by atoms with Crippen molar-refractivity contribution in [2.75, 3.05) is 5.73 Å². The molecule has 0 amide bonds. The summed E-state index contributed by atoms with van der Waals surface area (Å²) in [6, 6.07) is 11.9. The van der Waals surface area contributed by atoms with Crippen LogP contribution in [-0.4, -0.2) is 14.8 Å². The highest BCUT2D eigenvalue weighted by Gasteiger charge is 2.09. The molecular formula is C15H13FN4. The van der Waals surface area contributed by atoms with Crippen molar-refractivity contribution < 1.29 is 4.39 Å². The van der Waals surface area contributed by atoms with Gasteiger partial charge in [-0.05, 0) is 29.8 Å². The number of rotatable bonds is 3. The van der Waals surface area contributed by atoms with Crippen molar-refractivity contribution in [3.63, 3.8) is 0 Å². The number of halogens is 1. The Bertz CT molecular complexity index is 704. The topological polar surface area (TPSA) is 56.7 Å². The first-order valence-corrected chi connectivity index (χ1v) is 6.21. The van der Waals surface area contributed by atoms with Gasteiger partial charge in [-0.3, -0.25) is 9.67 Å². The summed E-state index contributed by atoms with van der Waals surface area (Å²) >= 11 is 0. The Hall–Kier alpha value is -2.69. The van der Waals surface area contributed by atoms with Gasteiger partial charge in [-0.15, -0.1) is 0 Å². The van der Waals surface area contributed by atoms with Gasteiger partial charge in [0.1, 0.15) is 11.5 Å². The molecule has 2 heterocycles. The molecule has 3 aromatic rings. The monoisotopic (exact) mass is 268 g/mol. The lowest BCUT2D eigenvalue weighted by atomic mass is 10.2. The molecule has 20 heavy (non-hydrogen) atoms. The predicted molar refractivity (Wildman–Crippen MR) is 75.4 cm³/mol. The maximum absolute atomic E-state index is 12.9. The molecule has 3 rings (SSSR count). The molecule has 0 fully saturated rings. The number of benzene rings is 1. The third-order valence-electron chi connectivity index (χ3n) is 2.96. The van der Waals surface area contributed by atoms with Crippen LogP contribution < -0.4 is 5.73 Å². The Morgan fingerprint density at radius 1 is 1.10 bits per heavy atom. The zero-order valence-electron chi connectivity index (χ0n) is 10.7. The van der Waals surface area contributed by atoms with Gasteiger partial charge in [-0.25, -0.2) is 4.39 Å². The van der Waals surface area contributed by atoms with Crippen molar-refractivity contribution in [1.82, 2.24) is 14.8 Å². The number of anilines is 1. The Morgan fingerprint density at radius 2 is 1.90 bits per heavy atom. The summed E-state index contributed by atoms with van der Waals surface area (Å²) in [6.45, 7) is 0.539. The van der Waals surface area contributed by atoms with Crippen LogP contribution in [0.5, 0.6) is 0 Å². The zero-order valence-corrected chi connectivity index (χ0v) is 10.7. The molecule has 5 heteroatoms. The summed E-state index contributed by atoms with van der Waals surface area (Å²) in [5, 5.41) is 4.43. The number of nitrogens with two attached hydrogens (primary N) is 1. The van der Waals surface area contributed by atoms with Gasteiger partial charge in [0.2, 0.25) is 0 Å². The van der Waals surface area contributed by atoms with Gasteiger partial charge >= 0.3 is 0 Å². The number of hydrogen-bond donors (Lipinski definition) is 1. The fourth-order valence-electron chi connectivity index (χ4n) is 2.00. The highest BCUT2D eigenvalue weighted by atomic mass is 19.1. The van der Waals surface area contributed by atoms with Gasteiger partial charge in [-0.1, -0.05) is 18.2 Å². The quantitative estimate of drug-likeness (QED) is 0.794. The van der Waals surface area contributed by atoms with E-state index in [4.69, 9.17) is 5.73 Å². The van der Waals surface area contributed by atoms with Crippen LogP contribution in [0.15, 0.2) is 54.9 Å². The summed E-state index contributed by atoms with van der Waals surface area (Å²) in [6.07, 6.45) is 3.46. The Balaban J connectivity index is 1.87. The van der Waals surface area contributed by atoms with Crippen LogP contribution in [0.1, 0.15) is 5.56 Å². The lowest BCUT2D eigenvalue weighted by Crippen LogP contribution is -2.00. The average Bonchev–Trinajstić information content (AvgIpc) is 2.83. The molecule has 0 spiro atoms. The van der Waals surface area contributed by atoms with E-state index in [1.807, 2.05) is 18.2 Å². The lowest BCUT2D eigenvalue weighted by molar-refractivity contribution is 0.624. The molecule has 0 aliphatic carbocycles. The fraction of sp³-hybridized carbons (Fsp3) is 0.0667. The second kappa shape index (κ2) is 5.13. The second-order valence-corrected chi connectivity index (χ2v) is 4.47. The lowest BCUT2D eigenvalue weighted by Gasteiger charge is -2.01. The molecule has 2 aromatic heterocycles. The van der Waals surface area contributed by atoms with Crippen LogP contribution >= 0.6 is 0 Å². The molecule has 0 atom stereocenters. The minimum absolute atomic E-state index is 0.247. The second-order valence-electron chi connectivity index (χ2n) is 4.47. The van der Waals surface area contributed by atoms with E-state index < -0.39 is 0 Å². The molecule has 0 saturated heterocycles. The van der Waals surface area contributed by atoms with Crippen molar-refractivity contribution in [2.24, 2.45) is 0 Å². The number of pyridine rings is 1. The molecule has 100 valence electrons.